The average Bonchev–Trinajstić information content (AvgIpc) is 2.97. The van der Waals surface area contributed by atoms with Crippen LogP contribution in [0.1, 0.15) is 29.9 Å². The first kappa shape index (κ1) is 12.8. The molecular formula is C16H19N3O. The lowest BCUT2D eigenvalue weighted by Crippen LogP contribution is -2.36. The predicted molar refractivity (Wildman–Crippen MR) is 80.9 cm³/mol. The van der Waals surface area contributed by atoms with Crippen LogP contribution in [0.3, 0.4) is 0 Å². The lowest BCUT2D eigenvalue weighted by atomic mass is 10.1. The van der Waals surface area contributed by atoms with Gasteiger partial charge in [0.25, 0.3) is 5.91 Å². The number of carbonyl (C=O) groups excluding carboxylic acids is 1. The number of aromatic nitrogens is 1. The number of rotatable bonds is 2. The average molecular weight is 269 g/mol. The van der Waals surface area contributed by atoms with Crippen LogP contribution in [0.15, 0.2) is 36.5 Å². The highest BCUT2D eigenvalue weighted by molar-refractivity contribution is 6.07. The van der Waals surface area contributed by atoms with Gasteiger partial charge >= 0.3 is 0 Å². The highest BCUT2D eigenvalue weighted by Crippen LogP contribution is 2.33. The molecule has 20 heavy (non-hydrogen) atoms. The minimum atomic E-state index is 0.0287. The van der Waals surface area contributed by atoms with Gasteiger partial charge in [0.2, 0.25) is 0 Å². The number of nitrogens with zero attached hydrogens (tertiary/aromatic N) is 2. The van der Waals surface area contributed by atoms with Gasteiger partial charge in [0.05, 0.1) is 5.69 Å². The van der Waals surface area contributed by atoms with E-state index >= 15 is 0 Å². The molecule has 0 saturated carbocycles. The normalized spacial score (nSPS) is 17.3. The number of para-hydroxylation sites is 1. The number of benzene rings is 1. The molecule has 1 amide bonds. The molecule has 0 fully saturated rings. The molecule has 0 radical (unpaired) electrons. The quantitative estimate of drug-likeness (QED) is 0.911. The van der Waals surface area contributed by atoms with Crippen LogP contribution in [0.4, 0.5) is 11.4 Å². The molecule has 1 aromatic heterocycles. The molecule has 0 spiro atoms. The fraction of sp³-hybridized carbons (Fsp3) is 0.312. The van der Waals surface area contributed by atoms with Crippen molar-refractivity contribution in [1.29, 1.82) is 0 Å². The molecule has 1 aliphatic rings. The maximum Gasteiger partial charge on any atom is 0.275 e. The summed E-state index contributed by atoms with van der Waals surface area (Å²) in [6, 6.07) is 10.0. The van der Waals surface area contributed by atoms with E-state index in [-0.39, 0.29) is 11.9 Å². The molecule has 1 aliphatic heterocycles. The summed E-state index contributed by atoms with van der Waals surface area (Å²) in [5.74, 6) is 0.0287. The van der Waals surface area contributed by atoms with Crippen molar-refractivity contribution in [2.24, 2.45) is 0 Å². The maximum absolute atomic E-state index is 12.9. The topological polar surface area (TPSA) is 51.3 Å². The van der Waals surface area contributed by atoms with Crippen molar-refractivity contribution in [3.8, 4) is 0 Å². The maximum atomic E-state index is 12.9. The smallest absolute Gasteiger partial charge is 0.275 e. The van der Waals surface area contributed by atoms with Gasteiger partial charge in [0.15, 0.2) is 0 Å². The van der Waals surface area contributed by atoms with E-state index in [1.807, 2.05) is 40.8 Å². The number of carbonyl (C=O) groups is 1. The predicted octanol–water partition coefficient (Wildman–Crippen LogP) is 2.68. The van der Waals surface area contributed by atoms with Crippen molar-refractivity contribution < 1.29 is 4.79 Å². The second-order valence-electron chi connectivity index (χ2n) is 5.30. The molecule has 2 N–H and O–H groups in total. The van der Waals surface area contributed by atoms with E-state index in [9.17, 15) is 4.79 Å². The number of hydrogen-bond donors (Lipinski definition) is 1. The van der Waals surface area contributed by atoms with E-state index in [4.69, 9.17) is 5.73 Å². The van der Waals surface area contributed by atoms with Crippen LogP contribution in [0.5, 0.6) is 0 Å². The number of anilines is 2. The molecular weight excluding hydrogens is 250 g/mol. The largest absolute Gasteiger partial charge is 0.397 e. The molecule has 2 aromatic rings. The Bertz CT molecular complexity index is 659. The molecule has 4 nitrogen and oxygen atoms in total. The van der Waals surface area contributed by atoms with Crippen molar-refractivity contribution in [1.82, 2.24) is 4.57 Å². The molecule has 1 atom stereocenters. The summed E-state index contributed by atoms with van der Waals surface area (Å²) < 4.78 is 1.91. The fourth-order valence-corrected chi connectivity index (χ4v) is 2.97. The molecule has 4 heteroatoms. The number of aryl methyl sites for hydroxylation is 1. The second kappa shape index (κ2) is 4.71. The van der Waals surface area contributed by atoms with Crippen molar-refractivity contribution in [2.45, 2.75) is 32.9 Å². The Hall–Kier alpha value is -2.23. The van der Waals surface area contributed by atoms with E-state index in [1.165, 1.54) is 5.56 Å². The summed E-state index contributed by atoms with van der Waals surface area (Å²) in [6.45, 7) is 4.83. The van der Waals surface area contributed by atoms with Crippen LogP contribution < -0.4 is 10.6 Å². The second-order valence-corrected chi connectivity index (χ2v) is 5.30. The van der Waals surface area contributed by atoms with E-state index in [0.29, 0.717) is 11.4 Å². The third-order valence-corrected chi connectivity index (χ3v) is 3.90. The molecule has 0 aliphatic carbocycles. The first-order valence-corrected chi connectivity index (χ1v) is 6.99. The Morgan fingerprint density at radius 2 is 2.15 bits per heavy atom. The SMILES string of the molecule is CCn1cc(N)cc1C(=O)N1c2ccccc2CC1C. The highest BCUT2D eigenvalue weighted by atomic mass is 16.2. The van der Waals surface area contributed by atoms with Gasteiger partial charge in [-0.25, -0.2) is 0 Å². The van der Waals surface area contributed by atoms with Crippen LogP contribution in [0.25, 0.3) is 0 Å². The van der Waals surface area contributed by atoms with Crippen LogP contribution in [0, 0.1) is 0 Å². The summed E-state index contributed by atoms with van der Waals surface area (Å²) in [7, 11) is 0. The van der Waals surface area contributed by atoms with Crippen molar-refractivity contribution >= 4 is 17.3 Å². The van der Waals surface area contributed by atoms with Gasteiger partial charge in [-0.15, -0.1) is 0 Å². The van der Waals surface area contributed by atoms with Crippen LogP contribution in [-0.4, -0.2) is 16.5 Å². The molecule has 104 valence electrons. The van der Waals surface area contributed by atoms with E-state index < -0.39 is 0 Å². The molecule has 0 saturated heterocycles. The Labute approximate surface area is 118 Å². The summed E-state index contributed by atoms with van der Waals surface area (Å²) in [4.78, 5) is 14.7. The summed E-state index contributed by atoms with van der Waals surface area (Å²) >= 11 is 0. The van der Waals surface area contributed by atoms with Gasteiger partial charge in [0.1, 0.15) is 5.69 Å². The monoisotopic (exact) mass is 269 g/mol. The summed E-state index contributed by atoms with van der Waals surface area (Å²) in [5.41, 5.74) is 9.38. The van der Waals surface area contributed by atoms with Gasteiger partial charge in [-0.05, 0) is 38.0 Å². The van der Waals surface area contributed by atoms with Crippen LogP contribution >= 0.6 is 0 Å². The zero-order valence-electron chi connectivity index (χ0n) is 11.8. The van der Waals surface area contributed by atoms with E-state index in [1.54, 1.807) is 6.07 Å². The third kappa shape index (κ3) is 1.88. The number of fused-ring (bicyclic) bond motifs is 1. The Morgan fingerprint density at radius 1 is 1.40 bits per heavy atom. The Kier molecular flexibility index (Phi) is 3.01. The van der Waals surface area contributed by atoms with Crippen molar-refractivity contribution in [3.63, 3.8) is 0 Å². The number of hydrogen-bond acceptors (Lipinski definition) is 2. The molecule has 3 rings (SSSR count). The number of nitrogens with two attached hydrogens (primary N) is 1. The van der Waals surface area contributed by atoms with Crippen molar-refractivity contribution in [3.05, 3.63) is 47.8 Å². The Morgan fingerprint density at radius 3 is 2.90 bits per heavy atom. The fourth-order valence-electron chi connectivity index (χ4n) is 2.97. The minimum Gasteiger partial charge on any atom is -0.397 e. The zero-order chi connectivity index (χ0) is 14.3. The first-order chi connectivity index (χ1) is 9.61. The highest BCUT2D eigenvalue weighted by Gasteiger charge is 2.32. The zero-order valence-corrected chi connectivity index (χ0v) is 11.8. The van der Waals surface area contributed by atoms with Gasteiger partial charge in [-0.2, -0.15) is 0 Å². The first-order valence-electron chi connectivity index (χ1n) is 6.99. The van der Waals surface area contributed by atoms with Crippen LogP contribution in [0.2, 0.25) is 0 Å². The lowest BCUT2D eigenvalue weighted by Gasteiger charge is -2.23. The van der Waals surface area contributed by atoms with Crippen LogP contribution in [-0.2, 0) is 13.0 Å². The van der Waals surface area contributed by atoms with E-state index in [0.717, 1.165) is 18.7 Å². The molecule has 1 unspecified atom stereocenters. The van der Waals surface area contributed by atoms with Gasteiger partial charge in [-0.3, -0.25) is 4.79 Å². The lowest BCUT2D eigenvalue weighted by molar-refractivity contribution is 0.0972. The standard InChI is InChI=1S/C16H19N3O/c1-3-18-10-13(17)9-15(18)16(20)19-11(2)8-12-6-4-5-7-14(12)19/h4-7,9-11H,3,8,17H2,1-2H3. The summed E-state index contributed by atoms with van der Waals surface area (Å²) in [6.07, 6.45) is 2.73. The molecule has 2 heterocycles. The van der Waals surface area contributed by atoms with Crippen molar-refractivity contribution in [2.75, 3.05) is 10.6 Å². The third-order valence-electron chi connectivity index (χ3n) is 3.90. The minimum absolute atomic E-state index is 0.0287. The summed E-state index contributed by atoms with van der Waals surface area (Å²) in [5, 5.41) is 0. The number of nitrogen functional groups attached to an aromatic ring is 1. The van der Waals surface area contributed by atoms with Gasteiger partial charge in [-0.1, -0.05) is 18.2 Å². The van der Waals surface area contributed by atoms with Gasteiger partial charge < -0.3 is 15.2 Å². The molecule has 0 bridgehead atoms. The molecule has 1 aromatic carbocycles. The van der Waals surface area contributed by atoms with E-state index in [2.05, 4.69) is 13.0 Å². The number of amides is 1. The van der Waals surface area contributed by atoms with Gasteiger partial charge in [0, 0.05) is 24.5 Å². The Balaban J connectivity index is 2.02.